The number of Topliss-reactive ketones (excluding diaryl/α,β-unsaturated/α-hetero) is 2. The number of H-pyrrole nitrogens is 1. The average Bonchev–Trinajstić information content (AvgIpc) is 4.04. The van der Waals surface area contributed by atoms with Crippen LogP contribution in [0.4, 0.5) is 0 Å². The summed E-state index contributed by atoms with van der Waals surface area (Å²) in [5, 5.41) is 0.979. The molecule has 1 aromatic heterocycles. The minimum Gasteiger partial charge on any atom is -0.379 e. The first-order valence-electron chi connectivity index (χ1n) is 25.0. The van der Waals surface area contributed by atoms with Gasteiger partial charge in [-0.05, 0) is 75.1 Å². The first kappa shape index (κ1) is 55.9. The Hall–Kier alpha value is -4.73. The molecule has 0 radical (unpaired) electrons. The highest BCUT2D eigenvalue weighted by Crippen LogP contribution is 2.32. The summed E-state index contributed by atoms with van der Waals surface area (Å²) in [6, 6.07) is 6.55. The highest BCUT2D eigenvalue weighted by atomic mass is 16.5. The molecule has 3 N–H and O–H groups in total. The quantitative estimate of drug-likeness (QED) is 0.0658. The first-order valence-corrected chi connectivity index (χ1v) is 25.0. The molecular formula is C53H82N6O9. The fourth-order valence-electron chi connectivity index (χ4n) is 10.7. The number of imide groups is 1. The number of primary amides is 1. The maximum atomic E-state index is 14.7. The van der Waals surface area contributed by atoms with Crippen LogP contribution in [-0.4, -0.2) is 144 Å². The van der Waals surface area contributed by atoms with Gasteiger partial charge in [-0.25, -0.2) is 0 Å². The van der Waals surface area contributed by atoms with Gasteiger partial charge in [-0.2, -0.15) is 0 Å². The van der Waals surface area contributed by atoms with Crippen LogP contribution in [0, 0.1) is 35.5 Å². The molecule has 2 aliphatic rings. The number of para-hydroxylation sites is 1. The van der Waals surface area contributed by atoms with Gasteiger partial charge in [-0.3, -0.25) is 43.4 Å². The largest absolute Gasteiger partial charge is 0.379 e. The highest BCUT2D eigenvalue weighted by molar-refractivity contribution is 6.12. The van der Waals surface area contributed by atoms with Crippen molar-refractivity contribution in [2.45, 2.75) is 149 Å². The second-order valence-electron chi connectivity index (χ2n) is 20.2. The molecule has 3 heterocycles. The summed E-state index contributed by atoms with van der Waals surface area (Å²) in [7, 11) is 6.84. The third kappa shape index (κ3) is 14.2. The number of fused-ring (bicyclic) bond motifs is 1. The number of methoxy groups -OCH3 is 2. The van der Waals surface area contributed by atoms with Gasteiger partial charge >= 0.3 is 0 Å². The van der Waals surface area contributed by atoms with Crippen LogP contribution in [0.15, 0.2) is 42.6 Å². The summed E-state index contributed by atoms with van der Waals surface area (Å²) in [4.78, 5) is 104. The Balaban J connectivity index is 1.40. The van der Waals surface area contributed by atoms with Crippen LogP contribution in [-0.2, 0) is 49.5 Å². The van der Waals surface area contributed by atoms with Gasteiger partial charge in [0.25, 0.3) is 11.8 Å². The molecule has 1 saturated heterocycles. The van der Waals surface area contributed by atoms with Crippen LogP contribution in [0.1, 0.15) is 118 Å². The van der Waals surface area contributed by atoms with E-state index in [0.717, 1.165) is 55.0 Å². The molecule has 9 atom stereocenters. The zero-order valence-electron chi connectivity index (χ0n) is 42.8. The van der Waals surface area contributed by atoms with Crippen LogP contribution in [0.25, 0.3) is 10.9 Å². The number of hydrogen-bond donors (Lipinski definition) is 2. The predicted molar refractivity (Wildman–Crippen MR) is 264 cm³/mol. The topological polar surface area (TPSA) is 193 Å². The zero-order valence-corrected chi connectivity index (χ0v) is 42.8. The van der Waals surface area contributed by atoms with Gasteiger partial charge < -0.3 is 30.0 Å². The van der Waals surface area contributed by atoms with Gasteiger partial charge in [0.1, 0.15) is 5.78 Å². The summed E-state index contributed by atoms with van der Waals surface area (Å²) in [5.41, 5.74) is 7.72. The molecule has 5 amide bonds. The number of ketones is 2. The summed E-state index contributed by atoms with van der Waals surface area (Å²) in [6.07, 6.45) is 8.95. The van der Waals surface area contributed by atoms with Crippen LogP contribution in [0.3, 0.4) is 0 Å². The third-order valence-electron chi connectivity index (χ3n) is 14.9. The minimum atomic E-state index is -0.714. The van der Waals surface area contributed by atoms with E-state index in [1.165, 1.54) is 17.1 Å². The monoisotopic (exact) mass is 947 g/mol. The fraction of sp³-hybridized carbons (Fsp3) is 0.679. The number of carbonyl (C=O) groups excluding carboxylic acids is 7. The highest BCUT2D eigenvalue weighted by Gasteiger charge is 2.43. The van der Waals surface area contributed by atoms with Gasteiger partial charge in [-0.1, -0.05) is 85.9 Å². The average molecular weight is 947 g/mol. The fourth-order valence-corrected chi connectivity index (χ4v) is 10.7. The summed E-state index contributed by atoms with van der Waals surface area (Å²) in [5.74, 6) is -3.63. The number of ether oxygens (including phenoxy) is 2. The number of nitrogens with one attached hydrogen (secondary N) is 1. The predicted octanol–water partition coefficient (Wildman–Crippen LogP) is 6.36. The number of amides is 5. The Kier molecular flexibility index (Phi) is 21.6. The van der Waals surface area contributed by atoms with Crippen molar-refractivity contribution in [3.05, 3.63) is 48.2 Å². The van der Waals surface area contributed by atoms with E-state index in [1.807, 2.05) is 72.1 Å². The summed E-state index contributed by atoms with van der Waals surface area (Å²) >= 11 is 0. The Bertz CT molecular complexity index is 2050. The number of nitrogens with zero attached hydrogens (tertiary/aromatic N) is 4. The van der Waals surface area contributed by atoms with Crippen molar-refractivity contribution in [2.24, 2.45) is 41.2 Å². The standard InChI is InChI=1S/C53H82N6O9/c1-12-35(6)50(57(9)53(66)40(33(2)3)30-44(61)49(34(4)5)56(8)25-17-13-14-18-26-59-46(62)23-24-47(59)63)45(67-10)31-48(64)58-27-19-22-42(58)51(68-11)36(7)43(60)29-37(52(54)65)28-38-32-55-41-21-16-15-20-39(38)41/h15-16,20-21,23-24,32-37,40,42,45,49-51,55H,12-14,17-19,22,25-31H2,1-11H3,(H2,54,65)/t35-,36-,37+,40-,42-,45+,49-,50-,51+/m0/s1. The number of benzene rings is 1. The molecule has 15 nitrogen and oxygen atoms in total. The maximum Gasteiger partial charge on any atom is 0.253 e. The molecule has 68 heavy (non-hydrogen) atoms. The van der Waals surface area contributed by atoms with Crippen LogP contribution >= 0.6 is 0 Å². The Labute approximate surface area is 405 Å². The lowest BCUT2D eigenvalue weighted by atomic mass is 9.83. The second-order valence-corrected chi connectivity index (χ2v) is 20.2. The van der Waals surface area contributed by atoms with Crippen molar-refractivity contribution in [2.75, 3.05) is 47.9 Å². The SMILES string of the molecule is CC[C@H](C)[C@@H]([C@@H](CC(=O)N1CCC[C@H]1[C@H](OC)[C@@H](C)C(=O)C[C@@H](Cc1c[nH]c2ccccc12)C(N)=O)OC)N(C)C(=O)[C@@H](CC(=O)[C@H](C(C)C)N(C)CCCCCCN1C(=O)C=CC1=O)C(C)C. The van der Waals surface area contributed by atoms with E-state index in [-0.39, 0.29) is 84.3 Å². The van der Waals surface area contributed by atoms with Crippen molar-refractivity contribution in [3.63, 3.8) is 0 Å². The van der Waals surface area contributed by atoms with Crippen molar-refractivity contribution in [3.8, 4) is 0 Å². The zero-order chi connectivity index (χ0) is 50.4. The van der Waals surface area contributed by atoms with Crippen molar-refractivity contribution < 1.29 is 43.0 Å². The molecule has 0 spiro atoms. The van der Waals surface area contributed by atoms with Crippen LogP contribution < -0.4 is 5.73 Å². The number of likely N-dealkylation sites (N-methyl/N-ethyl adjacent to an activating group) is 2. The number of unbranched alkanes of at least 4 members (excludes halogenated alkanes) is 3. The van der Waals surface area contributed by atoms with Gasteiger partial charge in [0.2, 0.25) is 17.7 Å². The van der Waals surface area contributed by atoms with E-state index in [9.17, 15) is 33.6 Å². The van der Waals surface area contributed by atoms with Crippen molar-refractivity contribution >= 4 is 52.0 Å². The number of rotatable bonds is 30. The van der Waals surface area contributed by atoms with Gasteiger partial charge in [0.15, 0.2) is 5.78 Å². The van der Waals surface area contributed by atoms with E-state index in [2.05, 4.69) is 16.8 Å². The van der Waals surface area contributed by atoms with Crippen LogP contribution in [0.5, 0.6) is 0 Å². The van der Waals surface area contributed by atoms with Crippen molar-refractivity contribution in [1.82, 2.24) is 24.6 Å². The number of aromatic nitrogens is 1. The van der Waals surface area contributed by atoms with Crippen LogP contribution in [0.2, 0.25) is 0 Å². The first-order chi connectivity index (χ1) is 32.3. The molecular weight excluding hydrogens is 865 g/mol. The second kappa shape index (κ2) is 26.3. The lowest BCUT2D eigenvalue weighted by molar-refractivity contribution is -0.149. The Morgan fingerprint density at radius 1 is 0.853 bits per heavy atom. The van der Waals surface area contributed by atoms with E-state index in [0.29, 0.717) is 32.5 Å². The molecule has 2 aromatic rings. The Morgan fingerprint density at radius 2 is 1.51 bits per heavy atom. The molecule has 378 valence electrons. The summed E-state index contributed by atoms with van der Waals surface area (Å²) in [6.45, 7) is 15.5. The molecule has 2 aliphatic heterocycles. The number of aromatic amines is 1. The molecule has 0 saturated carbocycles. The van der Waals surface area contributed by atoms with E-state index < -0.39 is 41.9 Å². The Morgan fingerprint density at radius 3 is 2.12 bits per heavy atom. The van der Waals surface area contributed by atoms with Gasteiger partial charge in [0.05, 0.1) is 36.8 Å². The lowest BCUT2D eigenvalue weighted by Crippen LogP contribution is -2.54. The van der Waals surface area contributed by atoms with Gasteiger partial charge in [-0.15, -0.1) is 0 Å². The molecule has 15 heteroatoms. The number of nitrogens with two attached hydrogens (primary N) is 1. The third-order valence-corrected chi connectivity index (χ3v) is 14.9. The smallest absolute Gasteiger partial charge is 0.253 e. The normalized spacial score (nSPS) is 18.9. The number of likely N-dealkylation sites (tertiary alicyclic amines) is 1. The molecule has 0 aliphatic carbocycles. The lowest BCUT2D eigenvalue weighted by Gasteiger charge is -2.41. The maximum absolute atomic E-state index is 14.7. The molecule has 4 rings (SSSR count). The summed E-state index contributed by atoms with van der Waals surface area (Å²) < 4.78 is 12.1. The number of hydrogen-bond acceptors (Lipinski definition) is 10. The van der Waals surface area contributed by atoms with E-state index >= 15 is 0 Å². The van der Waals surface area contributed by atoms with E-state index in [1.54, 1.807) is 38.0 Å². The van der Waals surface area contributed by atoms with Gasteiger partial charge in [0, 0.05) is 94.2 Å². The van der Waals surface area contributed by atoms with E-state index in [4.69, 9.17) is 15.2 Å². The molecule has 1 aromatic carbocycles. The van der Waals surface area contributed by atoms with Crippen molar-refractivity contribution in [1.29, 1.82) is 0 Å². The molecule has 0 unspecified atom stereocenters. The molecule has 1 fully saturated rings. The molecule has 0 bridgehead atoms. The number of carbonyl (C=O) groups is 7. The minimum absolute atomic E-state index is 0.00393.